The van der Waals surface area contributed by atoms with Crippen LogP contribution < -0.4 is 10.3 Å². The number of pyridine rings is 1. The molecule has 0 spiro atoms. The van der Waals surface area contributed by atoms with Gasteiger partial charge in [0.05, 0.1) is 25.2 Å². The summed E-state index contributed by atoms with van der Waals surface area (Å²) in [7, 11) is 1.61. The molecule has 0 radical (unpaired) electrons. The largest absolute Gasteiger partial charge is 0.497 e. The van der Waals surface area contributed by atoms with Gasteiger partial charge in [0, 0.05) is 24.2 Å². The van der Waals surface area contributed by atoms with Crippen molar-refractivity contribution >= 4 is 10.9 Å². The highest BCUT2D eigenvalue weighted by Gasteiger charge is 2.32. The van der Waals surface area contributed by atoms with E-state index in [4.69, 9.17) is 4.74 Å². The summed E-state index contributed by atoms with van der Waals surface area (Å²) in [5.74, 6) is 1.20. The van der Waals surface area contributed by atoms with E-state index in [1.165, 1.54) is 25.0 Å². The number of hydrogen-bond acceptors (Lipinski definition) is 6. The third-order valence-corrected chi connectivity index (χ3v) is 7.17. The number of tetrazole rings is 1. The standard InChI is InChI=1S/C27H31FN6O2/c1-3-25(26-30-31-32-34(26)16-18-8-11-21(28)12-9-18)33(22-6-4-5-7-22)17-20-14-19-10-13-23(36-2)15-24(19)29-27(20)35/h8-15,22,25H,3-7,16-17H2,1-2H3,(H,29,35)/t25-/m1/s1. The van der Waals surface area contributed by atoms with Gasteiger partial charge in [0.15, 0.2) is 5.82 Å². The summed E-state index contributed by atoms with van der Waals surface area (Å²) in [6, 6.07) is 14.4. The number of fused-ring (bicyclic) bond motifs is 1. The van der Waals surface area contributed by atoms with Crippen molar-refractivity contribution in [1.82, 2.24) is 30.1 Å². The molecule has 2 aromatic heterocycles. The Morgan fingerprint density at radius 1 is 1.17 bits per heavy atom. The summed E-state index contributed by atoms with van der Waals surface area (Å²) < 4.78 is 20.5. The predicted molar refractivity (Wildman–Crippen MR) is 135 cm³/mol. The van der Waals surface area contributed by atoms with E-state index in [1.54, 1.807) is 23.9 Å². The third kappa shape index (κ3) is 5.02. The maximum atomic E-state index is 13.4. The number of rotatable bonds is 9. The number of ether oxygens (including phenoxy) is 1. The molecule has 2 aromatic carbocycles. The smallest absolute Gasteiger partial charge is 0.252 e. The molecule has 9 heteroatoms. The van der Waals surface area contributed by atoms with Gasteiger partial charge >= 0.3 is 0 Å². The van der Waals surface area contributed by atoms with Crippen LogP contribution in [0, 0.1) is 5.82 Å². The summed E-state index contributed by atoms with van der Waals surface area (Å²) >= 11 is 0. The zero-order chi connectivity index (χ0) is 25.1. The molecule has 36 heavy (non-hydrogen) atoms. The molecule has 0 amide bonds. The molecule has 188 valence electrons. The number of halogens is 1. The van der Waals surface area contributed by atoms with E-state index < -0.39 is 0 Å². The zero-order valence-corrected chi connectivity index (χ0v) is 20.7. The second-order valence-corrected chi connectivity index (χ2v) is 9.43. The molecule has 0 bridgehead atoms. The quantitative estimate of drug-likeness (QED) is 0.369. The molecule has 0 aliphatic heterocycles. The van der Waals surface area contributed by atoms with Crippen molar-refractivity contribution < 1.29 is 9.13 Å². The van der Waals surface area contributed by atoms with Gasteiger partial charge in [0.2, 0.25) is 0 Å². The number of hydrogen-bond donors (Lipinski definition) is 1. The van der Waals surface area contributed by atoms with Crippen molar-refractivity contribution in [3.8, 4) is 5.75 Å². The number of nitrogens with zero attached hydrogens (tertiary/aromatic N) is 5. The van der Waals surface area contributed by atoms with Crippen LogP contribution >= 0.6 is 0 Å². The second kappa shape index (κ2) is 10.6. The first-order valence-electron chi connectivity index (χ1n) is 12.5. The molecule has 1 N–H and O–H groups in total. The Morgan fingerprint density at radius 2 is 1.94 bits per heavy atom. The summed E-state index contributed by atoms with van der Waals surface area (Å²) in [5.41, 5.74) is 2.30. The third-order valence-electron chi connectivity index (χ3n) is 7.17. The zero-order valence-electron chi connectivity index (χ0n) is 20.7. The first-order valence-corrected chi connectivity index (χ1v) is 12.5. The van der Waals surface area contributed by atoms with Gasteiger partial charge in [-0.05, 0) is 71.0 Å². The van der Waals surface area contributed by atoms with E-state index >= 15 is 0 Å². The minimum Gasteiger partial charge on any atom is -0.497 e. The van der Waals surface area contributed by atoms with E-state index in [0.717, 1.165) is 47.1 Å². The van der Waals surface area contributed by atoms with Gasteiger partial charge in [-0.15, -0.1) is 5.10 Å². The molecular weight excluding hydrogens is 459 g/mol. The fourth-order valence-electron chi connectivity index (χ4n) is 5.29. The van der Waals surface area contributed by atoms with Crippen LogP contribution in [0.5, 0.6) is 5.75 Å². The van der Waals surface area contributed by atoms with Gasteiger partial charge in [-0.25, -0.2) is 9.07 Å². The summed E-state index contributed by atoms with van der Waals surface area (Å²) in [6.07, 6.45) is 5.30. The SMILES string of the molecule is CC[C@H](c1nnnn1Cc1ccc(F)cc1)N(Cc1cc2ccc(OC)cc2[nH]c1=O)C1CCCC1. The van der Waals surface area contributed by atoms with Crippen molar-refractivity contribution in [2.24, 2.45) is 0 Å². The van der Waals surface area contributed by atoms with Gasteiger partial charge in [-0.1, -0.05) is 31.9 Å². The normalized spacial score (nSPS) is 15.1. The summed E-state index contributed by atoms with van der Waals surface area (Å²) in [6.45, 7) is 3.08. The molecule has 1 fully saturated rings. The van der Waals surface area contributed by atoms with E-state index in [1.807, 2.05) is 24.3 Å². The monoisotopic (exact) mass is 490 g/mol. The Labute approximate surface area is 209 Å². The first kappa shape index (κ1) is 24.1. The second-order valence-electron chi connectivity index (χ2n) is 9.43. The van der Waals surface area contributed by atoms with Crippen LogP contribution in [0.4, 0.5) is 4.39 Å². The number of aromatic amines is 1. The van der Waals surface area contributed by atoms with E-state index in [2.05, 4.69) is 32.3 Å². The van der Waals surface area contributed by atoms with Gasteiger partial charge in [0.25, 0.3) is 5.56 Å². The van der Waals surface area contributed by atoms with E-state index in [9.17, 15) is 9.18 Å². The fraction of sp³-hybridized carbons (Fsp3) is 0.407. The molecule has 2 heterocycles. The molecule has 1 saturated carbocycles. The average molecular weight is 491 g/mol. The molecule has 8 nitrogen and oxygen atoms in total. The van der Waals surface area contributed by atoms with Crippen molar-refractivity contribution in [2.75, 3.05) is 7.11 Å². The molecule has 4 aromatic rings. The van der Waals surface area contributed by atoms with Gasteiger partial charge in [-0.2, -0.15) is 0 Å². The molecule has 1 aliphatic carbocycles. The van der Waals surface area contributed by atoms with Crippen molar-refractivity contribution in [1.29, 1.82) is 0 Å². The maximum Gasteiger partial charge on any atom is 0.252 e. The topological polar surface area (TPSA) is 88.9 Å². The first-order chi connectivity index (χ1) is 17.6. The van der Waals surface area contributed by atoms with Crippen molar-refractivity contribution in [3.63, 3.8) is 0 Å². The summed E-state index contributed by atoms with van der Waals surface area (Å²) in [5, 5.41) is 13.6. The molecule has 0 unspecified atom stereocenters. The number of benzene rings is 2. The van der Waals surface area contributed by atoms with E-state index in [0.29, 0.717) is 24.9 Å². The van der Waals surface area contributed by atoms with Crippen molar-refractivity contribution in [3.05, 3.63) is 81.7 Å². The lowest BCUT2D eigenvalue weighted by molar-refractivity contribution is 0.112. The average Bonchev–Trinajstić information content (AvgIpc) is 3.58. The molecular formula is C27H31FN6O2. The number of H-pyrrole nitrogens is 1. The van der Waals surface area contributed by atoms with Gasteiger partial charge in [-0.3, -0.25) is 9.69 Å². The highest BCUT2D eigenvalue weighted by atomic mass is 19.1. The lowest BCUT2D eigenvalue weighted by atomic mass is 10.0. The molecule has 0 saturated heterocycles. The van der Waals surface area contributed by atoms with Gasteiger partial charge in [0.1, 0.15) is 11.6 Å². The summed E-state index contributed by atoms with van der Waals surface area (Å²) in [4.78, 5) is 18.6. The lowest BCUT2D eigenvalue weighted by Gasteiger charge is -2.35. The Kier molecular flexibility index (Phi) is 7.09. The minimum absolute atomic E-state index is 0.0606. The van der Waals surface area contributed by atoms with Crippen LogP contribution in [0.25, 0.3) is 10.9 Å². The Balaban J connectivity index is 1.48. The minimum atomic E-state index is -0.270. The lowest BCUT2D eigenvalue weighted by Crippen LogP contribution is -2.39. The number of methoxy groups -OCH3 is 1. The molecule has 5 rings (SSSR count). The highest BCUT2D eigenvalue weighted by Crippen LogP contribution is 2.34. The van der Waals surface area contributed by atoms with Crippen LogP contribution in [0.3, 0.4) is 0 Å². The maximum absolute atomic E-state index is 13.4. The fourth-order valence-corrected chi connectivity index (χ4v) is 5.29. The Bertz CT molecular complexity index is 1380. The van der Waals surface area contributed by atoms with Gasteiger partial charge < -0.3 is 9.72 Å². The van der Waals surface area contributed by atoms with Crippen LogP contribution in [-0.4, -0.2) is 43.2 Å². The molecule has 1 aliphatic rings. The van der Waals surface area contributed by atoms with Crippen LogP contribution in [0.2, 0.25) is 0 Å². The van der Waals surface area contributed by atoms with Crippen molar-refractivity contribution in [2.45, 2.75) is 64.2 Å². The predicted octanol–water partition coefficient (Wildman–Crippen LogP) is 4.61. The Hall–Kier alpha value is -3.59. The van der Waals surface area contributed by atoms with E-state index in [-0.39, 0.29) is 17.4 Å². The molecule has 1 atom stereocenters. The van der Waals surface area contributed by atoms with Crippen LogP contribution in [-0.2, 0) is 13.1 Å². The van der Waals surface area contributed by atoms with Crippen LogP contribution in [0.1, 0.15) is 62.0 Å². The van der Waals surface area contributed by atoms with Crippen LogP contribution in [0.15, 0.2) is 53.3 Å². The number of aromatic nitrogens is 5. The highest BCUT2D eigenvalue weighted by molar-refractivity contribution is 5.80. The number of nitrogens with one attached hydrogen (secondary N) is 1. The Morgan fingerprint density at radius 3 is 2.67 bits per heavy atom.